The highest BCUT2D eigenvalue weighted by atomic mass is 79.9. The van der Waals surface area contributed by atoms with Crippen molar-refractivity contribution in [1.29, 1.82) is 0 Å². The van der Waals surface area contributed by atoms with Crippen molar-refractivity contribution in [3.05, 3.63) is 15.9 Å². The fourth-order valence-electron chi connectivity index (χ4n) is 2.64. The summed E-state index contributed by atoms with van der Waals surface area (Å²) in [5, 5.41) is 8.05. The van der Waals surface area contributed by atoms with Crippen molar-refractivity contribution in [3.8, 4) is 0 Å². The Kier molecular flexibility index (Phi) is 8.46. The lowest BCUT2D eigenvalue weighted by molar-refractivity contribution is 0.465. The zero-order chi connectivity index (χ0) is 15.0. The summed E-state index contributed by atoms with van der Waals surface area (Å²) in [6.45, 7) is 7.43. The standard InChI is InChI=1S/C16H30BrN3/c1-5-7-8-9-10-11-14(18-4)12-15-16(17)13(3)19-20(15)6-2/h14,18H,5-12H2,1-4H3. The highest BCUT2D eigenvalue weighted by Crippen LogP contribution is 2.23. The van der Waals surface area contributed by atoms with Crippen LogP contribution in [-0.2, 0) is 13.0 Å². The van der Waals surface area contributed by atoms with Gasteiger partial charge in [0.05, 0.1) is 15.9 Å². The predicted molar refractivity (Wildman–Crippen MR) is 90.3 cm³/mol. The molecule has 0 saturated carbocycles. The van der Waals surface area contributed by atoms with E-state index in [1.54, 1.807) is 0 Å². The maximum absolute atomic E-state index is 4.58. The van der Waals surface area contributed by atoms with Crippen molar-refractivity contribution in [3.63, 3.8) is 0 Å². The predicted octanol–water partition coefficient (Wildman–Crippen LogP) is 4.46. The monoisotopic (exact) mass is 343 g/mol. The van der Waals surface area contributed by atoms with Crippen LogP contribution in [0.25, 0.3) is 0 Å². The van der Waals surface area contributed by atoms with Crippen LogP contribution >= 0.6 is 15.9 Å². The van der Waals surface area contributed by atoms with Crippen LogP contribution in [0.1, 0.15) is 63.8 Å². The van der Waals surface area contributed by atoms with Gasteiger partial charge in [-0.1, -0.05) is 39.0 Å². The second-order valence-corrected chi connectivity index (χ2v) is 6.35. The number of likely N-dealkylation sites (N-methyl/N-ethyl adjacent to an activating group) is 1. The summed E-state index contributed by atoms with van der Waals surface area (Å²) >= 11 is 3.69. The van der Waals surface area contributed by atoms with E-state index in [9.17, 15) is 0 Å². The van der Waals surface area contributed by atoms with E-state index < -0.39 is 0 Å². The summed E-state index contributed by atoms with van der Waals surface area (Å²) < 4.78 is 3.31. The Labute approximate surface area is 132 Å². The van der Waals surface area contributed by atoms with E-state index in [1.165, 1.54) is 48.7 Å². The quantitative estimate of drug-likeness (QED) is 0.635. The van der Waals surface area contributed by atoms with Gasteiger partial charge in [0, 0.05) is 19.0 Å². The van der Waals surface area contributed by atoms with E-state index in [-0.39, 0.29) is 0 Å². The minimum absolute atomic E-state index is 0.550. The van der Waals surface area contributed by atoms with Crippen molar-refractivity contribution in [1.82, 2.24) is 15.1 Å². The molecule has 1 N–H and O–H groups in total. The first kappa shape index (κ1) is 17.7. The van der Waals surface area contributed by atoms with Gasteiger partial charge in [-0.05, 0) is 43.2 Å². The summed E-state index contributed by atoms with van der Waals surface area (Å²) in [4.78, 5) is 0. The number of hydrogen-bond donors (Lipinski definition) is 1. The smallest absolute Gasteiger partial charge is 0.0738 e. The van der Waals surface area contributed by atoms with Crippen LogP contribution in [0.3, 0.4) is 0 Å². The Morgan fingerprint density at radius 2 is 1.90 bits per heavy atom. The molecule has 1 atom stereocenters. The molecule has 0 fully saturated rings. The number of unbranched alkanes of at least 4 members (excludes halogenated alkanes) is 4. The zero-order valence-electron chi connectivity index (χ0n) is 13.5. The van der Waals surface area contributed by atoms with Crippen molar-refractivity contribution < 1.29 is 0 Å². The van der Waals surface area contributed by atoms with Crippen LogP contribution < -0.4 is 5.32 Å². The van der Waals surface area contributed by atoms with Gasteiger partial charge in [-0.2, -0.15) is 5.10 Å². The van der Waals surface area contributed by atoms with Gasteiger partial charge in [0.25, 0.3) is 0 Å². The van der Waals surface area contributed by atoms with Crippen LogP contribution in [0.5, 0.6) is 0 Å². The molecule has 1 unspecified atom stereocenters. The second kappa shape index (κ2) is 9.56. The van der Waals surface area contributed by atoms with Crippen LogP contribution in [0, 0.1) is 6.92 Å². The van der Waals surface area contributed by atoms with Gasteiger partial charge in [0.15, 0.2) is 0 Å². The van der Waals surface area contributed by atoms with Crippen molar-refractivity contribution in [2.75, 3.05) is 7.05 Å². The summed E-state index contributed by atoms with van der Waals surface area (Å²) in [7, 11) is 2.07. The fraction of sp³-hybridized carbons (Fsp3) is 0.812. The molecular weight excluding hydrogens is 314 g/mol. The van der Waals surface area contributed by atoms with Gasteiger partial charge in [-0.3, -0.25) is 4.68 Å². The van der Waals surface area contributed by atoms with E-state index in [2.05, 4.69) is 58.8 Å². The summed E-state index contributed by atoms with van der Waals surface area (Å²) in [5.41, 5.74) is 2.43. The molecule has 0 amide bonds. The van der Waals surface area contributed by atoms with Crippen LogP contribution in [0.15, 0.2) is 4.47 Å². The van der Waals surface area contributed by atoms with E-state index in [1.807, 2.05) is 0 Å². The molecule has 0 aliphatic heterocycles. The molecule has 3 nitrogen and oxygen atoms in total. The molecule has 4 heteroatoms. The Hall–Kier alpha value is -0.350. The van der Waals surface area contributed by atoms with Gasteiger partial charge >= 0.3 is 0 Å². The number of aryl methyl sites for hydroxylation is 2. The van der Waals surface area contributed by atoms with Crippen LogP contribution in [0.2, 0.25) is 0 Å². The highest BCUT2D eigenvalue weighted by molar-refractivity contribution is 9.10. The summed E-state index contributed by atoms with van der Waals surface area (Å²) in [5.74, 6) is 0. The average molecular weight is 344 g/mol. The average Bonchev–Trinajstić information content (AvgIpc) is 2.73. The Morgan fingerprint density at radius 3 is 2.50 bits per heavy atom. The van der Waals surface area contributed by atoms with Crippen molar-refractivity contribution >= 4 is 15.9 Å². The van der Waals surface area contributed by atoms with E-state index in [4.69, 9.17) is 0 Å². The minimum Gasteiger partial charge on any atom is -0.317 e. The molecular formula is C16H30BrN3. The van der Waals surface area contributed by atoms with Gasteiger partial charge in [0.1, 0.15) is 0 Å². The number of aromatic nitrogens is 2. The molecule has 0 radical (unpaired) electrons. The first-order chi connectivity index (χ1) is 9.63. The first-order valence-electron chi connectivity index (χ1n) is 8.03. The molecule has 1 rings (SSSR count). The first-order valence-corrected chi connectivity index (χ1v) is 8.82. The van der Waals surface area contributed by atoms with Gasteiger partial charge < -0.3 is 5.32 Å². The molecule has 0 aromatic carbocycles. The third-order valence-corrected chi connectivity index (χ3v) is 4.99. The van der Waals surface area contributed by atoms with Gasteiger partial charge in [0.2, 0.25) is 0 Å². The molecule has 1 aromatic heterocycles. The van der Waals surface area contributed by atoms with Gasteiger partial charge in [-0.15, -0.1) is 0 Å². The number of hydrogen-bond acceptors (Lipinski definition) is 2. The number of halogens is 1. The number of rotatable bonds is 10. The largest absolute Gasteiger partial charge is 0.317 e. The maximum atomic E-state index is 4.58. The second-order valence-electron chi connectivity index (χ2n) is 5.55. The van der Waals surface area contributed by atoms with Gasteiger partial charge in [-0.25, -0.2) is 0 Å². The van der Waals surface area contributed by atoms with E-state index in [0.717, 1.165) is 18.7 Å². The molecule has 1 aromatic rings. The van der Waals surface area contributed by atoms with E-state index in [0.29, 0.717) is 6.04 Å². The molecule has 20 heavy (non-hydrogen) atoms. The number of nitrogens with one attached hydrogen (secondary N) is 1. The molecule has 1 heterocycles. The summed E-state index contributed by atoms with van der Waals surface area (Å²) in [6.07, 6.45) is 9.05. The Balaban J connectivity index is 2.51. The maximum Gasteiger partial charge on any atom is 0.0738 e. The summed E-state index contributed by atoms with van der Waals surface area (Å²) in [6, 6.07) is 0.550. The third-order valence-electron chi connectivity index (χ3n) is 3.96. The fourth-order valence-corrected chi connectivity index (χ4v) is 3.09. The normalized spacial score (nSPS) is 12.8. The topological polar surface area (TPSA) is 29.9 Å². The van der Waals surface area contributed by atoms with Crippen LogP contribution in [-0.4, -0.2) is 22.9 Å². The van der Waals surface area contributed by atoms with Crippen molar-refractivity contribution in [2.24, 2.45) is 0 Å². The molecule has 0 bridgehead atoms. The lowest BCUT2D eigenvalue weighted by Crippen LogP contribution is -2.28. The molecule has 0 aliphatic rings. The highest BCUT2D eigenvalue weighted by Gasteiger charge is 2.16. The molecule has 116 valence electrons. The molecule has 0 saturated heterocycles. The molecule has 0 spiro atoms. The SMILES string of the molecule is CCCCCCCC(Cc1c(Br)c(C)nn1CC)NC. The zero-order valence-corrected chi connectivity index (χ0v) is 15.1. The lowest BCUT2D eigenvalue weighted by Gasteiger charge is -2.17. The molecule has 0 aliphatic carbocycles. The third kappa shape index (κ3) is 5.21. The number of nitrogens with zero attached hydrogens (tertiary/aromatic N) is 2. The van der Waals surface area contributed by atoms with E-state index >= 15 is 0 Å². The Bertz CT molecular complexity index is 387. The minimum atomic E-state index is 0.550. The van der Waals surface area contributed by atoms with Crippen molar-refractivity contribution in [2.45, 2.75) is 78.3 Å². The van der Waals surface area contributed by atoms with Crippen LogP contribution in [0.4, 0.5) is 0 Å². The lowest BCUT2D eigenvalue weighted by atomic mass is 10.0. The Morgan fingerprint density at radius 1 is 1.20 bits per heavy atom.